The van der Waals surface area contributed by atoms with E-state index in [1.54, 1.807) is 59.8 Å². The third kappa shape index (κ3) is 6.32. The summed E-state index contributed by atoms with van der Waals surface area (Å²) in [5.74, 6) is -1.29. The molecule has 3 aromatic rings. The van der Waals surface area contributed by atoms with Crippen LogP contribution in [0.1, 0.15) is 46.0 Å². The quantitative estimate of drug-likeness (QED) is 0.192. The van der Waals surface area contributed by atoms with Crippen molar-refractivity contribution in [1.29, 1.82) is 0 Å². The lowest BCUT2D eigenvalue weighted by Gasteiger charge is -2.31. The Morgan fingerprint density at radius 1 is 0.949 bits per heavy atom. The molecule has 0 radical (unpaired) electrons. The van der Waals surface area contributed by atoms with Gasteiger partial charge in [0.05, 0.1) is 18.2 Å². The van der Waals surface area contributed by atoms with E-state index in [2.05, 4.69) is 0 Å². The number of rotatable bonds is 8. The highest BCUT2D eigenvalue weighted by Gasteiger charge is 2.29. The maximum absolute atomic E-state index is 13.6. The molecule has 0 unspecified atom stereocenters. The number of benzene rings is 3. The first-order valence-corrected chi connectivity index (χ1v) is 12.8. The van der Waals surface area contributed by atoms with Crippen molar-refractivity contribution in [2.45, 2.75) is 26.7 Å². The van der Waals surface area contributed by atoms with Crippen LogP contribution in [0.5, 0.6) is 0 Å². The molecule has 0 aliphatic carbocycles. The lowest BCUT2D eigenvalue weighted by Crippen LogP contribution is -2.40. The third-order valence-electron chi connectivity index (χ3n) is 6.84. The molecule has 9 heteroatoms. The predicted octanol–water partition coefficient (Wildman–Crippen LogP) is 4.49. The molecular formula is C30H31N3O6. The highest BCUT2D eigenvalue weighted by atomic mass is 16.5. The van der Waals surface area contributed by atoms with Crippen LogP contribution in [0.2, 0.25) is 0 Å². The average molecular weight is 530 g/mol. The van der Waals surface area contributed by atoms with Crippen LogP contribution in [0.4, 0.5) is 11.4 Å². The number of carbonyl (C=O) groups is 4. The number of hydrogen-bond donors (Lipinski definition) is 2. The molecule has 3 amide bonds. The number of piperidine rings is 1. The lowest BCUT2D eigenvalue weighted by molar-refractivity contribution is -0.149. The summed E-state index contributed by atoms with van der Waals surface area (Å²) in [6.45, 7) is 4.89. The number of nitrogens with one attached hydrogen (secondary N) is 1. The van der Waals surface area contributed by atoms with E-state index in [1.165, 1.54) is 4.90 Å². The van der Waals surface area contributed by atoms with Gasteiger partial charge in [-0.25, -0.2) is 5.48 Å². The molecule has 0 spiro atoms. The molecular weight excluding hydrogens is 498 g/mol. The van der Waals surface area contributed by atoms with Crippen molar-refractivity contribution in [3.05, 3.63) is 83.4 Å². The van der Waals surface area contributed by atoms with E-state index >= 15 is 0 Å². The topological polar surface area (TPSA) is 116 Å². The monoisotopic (exact) mass is 529 g/mol. The highest BCUT2D eigenvalue weighted by molar-refractivity contribution is 5.99. The van der Waals surface area contributed by atoms with E-state index in [0.29, 0.717) is 61.4 Å². The molecule has 0 bridgehead atoms. The minimum atomic E-state index is -0.635. The number of nitrogens with zero attached hydrogens (tertiary/aromatic N) is 2. The van der Waals surface area contributed by atoms with Gasteiger partial charge in [-0.1, -0.05) is 29.8 Å². The summed E-state index contributed by atoms with van der Waals surface area (Å²) < 4.78 is 5.14. The Kier molecular flexibility index (Phi) is 8.73. The Bertz CT molecular complexity index is 1350. The minimum Gasteiger partial charge on any atom is -0.466 e. The van der Waals surface area contributed by atoms with Crippen molar-refractivity contribution in [3.8, 4) is 11.1 Å². The second-order valence-electron chi connectivity index (χ2n) is 9.42. The first kappa shape index (κ1) is 27.5. The van der Waals surface area contributed by atoms with Crippen LogP contribution >= 0.6 is 0 Å². The second-order valence-corrected chi connectivity index (χ2v) is 9.42. The molecule has 1 aliphatic rings. The molecule has 4 rings (SSSR count). The Hall–Kier alpha value is -4.50. The molecule has 1 aliphatic heterocycles. The fourth-order valence-electron chi connectivity index (χ4n) is 4.66. The number of esters is 1. The fourth-order valence-corrected chi connectivity index (χ4v) is 4.66. The van der Waals surface area contributed by atoms with Crippen molar-refractivity contribution in [1.82, 2.24) is 10.4 Å². The van der Waals surface area contributed by atoms with E-state index < -0.39 is 5.91 Å². The number of carbonyl (C=O) groups excluding carboxylic acids is 4. The zero-order valence-corrected chi connectivity index (χ0v) is 21.9. The van der Waals surface area contributed by atoms with Gasteiger partial charge in [0, 0.05) is 29.9 Å². The molecule has 0 aromatic heterocycles. The van der Waals surface area contributed by atoms with Crippen LogP contribution in [0.25, 0.3) is 11.1 Å². The van der Waals surface area contributed by atoms with Gasteiger partial charge in [-0.2, -0.15) is 0 Å². The van der Waals surface area contributed by atoms with Crippen LogP contribution < -0.4 is 10.4 Å². The van der Waals surface area contributed by atoms with Gasteiger partial charge in [-0.05, 0) is 80.3 Å². The van der Waals surface area contributed by atoms with Gasteiger partial charge in [0.25, 0.3) is 11.8 Å². The van der Waals surface area contributed by atoms with Crippen LogP contribution in [0.15, 0.2) is 66.7 Å². The van der Waals surface area contributed by atoms with Gasteiger partial charge < -0.3 is 9.64 Å². The summed E-state index contributed by atoms with van der Waals surface area (Å²) in [5, 5.41) is 8.91. The molecule has 0 saturated carbocycles. The molecule has 1 saturated heterocycles. The highest BCUT2D eigenvalue weighted by Crippen LogP contribution is 2.32. The van der Waals surface area contributed by atoms with E-state index in [4.69, 9.17) is 9.94 Å². The summed E-state index contributed by atoms with van der Waals surface area (Å²) in [5.41, 5.74) is 5.87. The van der Waals surface area contributed by atoms with Crippen molar-refractivity contribution >= 4 is 35.6 Å². The van der Waals surface area contributed by atoms with E-state index in [9.17, 15) is 19.2 Å². The first-order valence-electron chi connectivity index (χ1n) is 12.8. The predicted molar refractivity (Wildman–Crippen MR) is 146 cm³/mol. The Balaban J connectivity index is 1.69. The average Bonchev–Trinajstić information content (AvgIpc) is 2.98. The third-order valence-corrected chi connectivity index (χ3v) is 6.84. The van der Waals surface area contributed by atoms with E-state index in [-0.39, 0.29) is 23.4 Å². The number of ether oxygens (including phenoxy) is 1. The maximum atomic E-state index is 13.6. The van der Waals surface area contributed by atoms with Crippen LogP contribution in [-0.2, 0) is 14.3 Å². The molecule has 202 valence electrons. The Morgan fingerprint density at radius 3 is 2.21 bits per heavy atom. The van der Waals surface area contributed by atoms with Gasteiger partial charge in [-0.15, -0.1) is 0 Å². The number of aryl methyl sites for hydroxylation is 1. The summed E-state index contributed by atoms with van der Waals surface area (Å²) >= 11 is 0. The summed E-state index contributed by atoms with van der Waals surface area (Å²) in [4.78, 5) is 53.0. The van der Waals surface area contributed by atoms with Crippen LogP contribution in [0.3, 0.4) is 0 Å². The SMILES string of the molecule is CCOC(=O)C1CCN(C(=O)c2cc(-c3ccc(C(=O)NO)cc3)cc(N(C=O)c3ccc(C)cc3)c2)CC1. The summed E-state index contributed by atoms with van der Waals surface area (Å²) in [6, 6.07) is 19.3. The summed E-state index contributed by atoms with van der Waals surface area (Å²) in [6.07, 6.45) is 1.75. The van der Waals surface area contributed by atoms with Crippen molar-refractivity contribution in [2.75, 3.05) is 24.6 Å². The Labute approximate surface area is 226 Å². The smallest absolute Gasteiger partial charge is 0.309 e. The van der Waals surface area contributed by atoms with Crippen molar-refractivity contribution in [3.63, 3.8) is 0 Å². The van der Waals surface area contributed by atoms with Crippen LogP contribution in [-0.4, -0.2) is 54.0 Å². The normalized spacial score (nSPS) is 13.5. The van der Waals surface area contributed by atoms with Crippen molar-refractivity contribution in [2.24, 2.45) is 5.92 Å². The standard InChI is InChI=1S/C30H31N3O6/c1-3-39-30(37)23-12-14-32(15-13-23)29(36)25-16-24(21-6-8-22(9-7-21)28(35)31-38)17-27(18-25)33(19-34)26-10-4-20(2)5-11-26/h4-11,16-19,23,38H,3,12-15H2,1-2H3,(H,31,35). The van der Waals surface area contributed by atoms with Crippen LogP contribution in [0, 0.1) is 12.8 Å². The lowest BCUT2D eigenvalue weighted by atomic mass is 9.95. The molecule has 1 fully saturated rings. The van der Waals surface area contributed by atoms with Crippen molar-refractivity contribution < 1.29 is 29.1 Å². The van der Waals surface area contributed by atoms with Gasteiger partial charge in [0.2, 0.25) is 6.41 Å². The van der Waals surface area contributed by atoms with E-state index in [0.717, 1.165) is 11.1 Å². The fraction of sp³-hybridized carbons (Fsp3) is 0.267. The van der Waals surface area contributed by atoms with Gasteiger partial charge in [0.1, 0.15) is 0 Å². The van der Waals surface area contributed by atoms with E-state index in [1.807, 2.05) is 31.2 Å². The minimum absolute atomic E-state index is 0.202. The molecule has 39 heavy (non-hydrogen) atoms. The number of anilines is 2. The maximum Gasteiger partial charge on any atom is 0.309 e. The second kappa shape index (κ2) is 12.4. The van der Waals surface area contributed by atoms with Gasteiger partial charge >= 0.3 is 5.97 Å². The number of likely N-dealkylation sites (tertiary alicyclic amines) is 1. The summed E-state index contributed by atoms with van der Waals surface area (Å²) in [7, 11) is 0. The Morgan fingerprint density at radius 2 is 1.62 bits per heavy atom. The largest absolute Gasteiger partial charge is 0.466 e. The van der Waals surface area contributed by atoms with Gasteiger partial charge in [-0.3, -0.25) is 29.3 Å². The number of hydrogen-bond acceptors (Lipinski definition) is 6. The molecule has 2 N–H and O–H groups in total. The number of amides is 3. The zero-order chi connectivity index (χ0) is 27.9. The molecule has 9 nitrogen and oxygen atoms in total. The molecule has 1 heterocycles. The first-order chi connectivity index (χ1) is 18.8. The zero-order valence-electron chi connectivity index (χ0n) is 21.9. The van der Waals surface area contributed by atoms with Gasteiger partial charge in [0.15, 0.2) is 0 Å². The molecule has 0 atom stereocenters. The molecule has 3 aromatic carbocycles. The number of hydroxylamine groups is 1.